The van der Waals surface area contributed by atoms with Gasteiger partial charge in [-0.2, -0.15) is 0 Å². The van der Waals surface area contributed by atoms with Crippen LogP contribution in [0.1, 0.15) is 24.8 Å². The smallest absolute Gasteiger partial charge is 0.304 e. The number of benzene rings is 1. The predicted octanol–water partition coefficient (Wildman–Crippen LogP) is 2.68. The number of carbonyl (C=O) groups is 1. The molecule has 0 saturated heterocycles. The molecule has 1 aromatic carbocycles. The van der Waals surface area contributed by atoms with E-state index in [-0.39, 0.29) is 11.8 Å². The minimum absolute atomic E-state index is 0.104. The van der Waals surface area contributed by atoms with Gasteiger partial charge in [0, 0.05) is 29.6 Å². The maximum Gasteiger partial charge on any atom is 0.304 e. The summed E-state index contributed by atoms with van der Waals surface area (Å²) in [6.45, 7) is 0. The lowest BCUT2D eigenvalue weighted by Crippen LogP contribution is -2.13. The molecule has 3 heteroatoms. The van der Waals surface area contributed by atoms with E-state index in [1.807, 2.05) is 19.3 Å². The summed E-state index contributed by atoms with van der Waals surface area (Å²) >= 11 is 0. The third-order valence-electron chi connectivity index (χ3n) is 3.84. The van der Waals surface area contributed by atoms with Gasteiger partial charge in [-0.05, 0) is 30.5 Å². The minimum Gasteiger partial charge on any atom is -0.481 e. The lowest BCUT2D eigenvalue weighted by atomic mass is 9.90. The molecule has 0 aliphatic heterocycles. The van der Waals surface area contributed by atoms with Gasteiger partial charge in [-0.3, -0.25) is 4.79 Å². The maximum atomic E-state index is 11.0. The summed E-state index contributed by atoms with van der Waals surface area (Å²) in [6.07, 6.45) is 4.27. The molecule has 17 heavy (non-hydrogen) atoms. The molecule has 1 fully saturated rings. The Balaban J connectivity index is 2.15. The van der Waals surface area contributed by atoms with Crippen molar-refractivity contribution in [2.24, 2.45) is 7.05 Å². The highest BCUT2D eigenvalue weighted by atomic mass is 16.4. The van der Waals surface area contributed by atoms with Crippen molar-refractivity contribution in [2.45, 2.75) is 24.7 Å². The fraction of sp³-hybridized carbons (Fsp3) is 0.357. The summed E-state index contributed by atoms with van der Waals surface area (Å²) in [5, 5.41) is 10.2. The number of fused-ring (bicyclic) bond motifs is 1. The largest absolute Gasteiger partial charge is 0.481 e. The molecule has 3 nitrogen and oxygen atoms in total. The van der Waals surface area contributed by atoms with Crippen molar-refractivity contribution in [3.63, 3.8) is 0 Å². The molecule has 0 spiro atoms. The number of aliphatic carboxylic acids is 1. The zero-order valence-corrected chi connectivity index (χ0v) is 9.81. The standard InChI is InChI=1S/C14H15NO2/c1-15-8-5-10-11(3-2-4-12(10)15)14(6-7-14)9-13(16)17/h2-5,8H,6-7,9H2,1H3,(H,16,17). The zero-order chi connectivity index (χ0) is 12.0. The molecule has 1 aliphatic carbocycles. The van der Waals surface area contributed by atoms with E-state index < -0.39 is 5.97 Å². The Kier molecular flexibility index (Phi) is 2.05. The summed E-state index contributed by atoms with van der Waals surface area (Å²) in [4.78, 5) is 11.0. The quantitative estimate of drug-likeness (QED) is 0.879. The number of aromatic nitrogens is 1. The predicted molar refractivity (Wildman–Crippen MR) is 66.1 cm³/mol. The molecule has 88 valence electrons. The fourth-order valence-corrected chi connectivity index (χ4v) is 2.75. The van der Waals surface area contributed by atoms with Gasteiger partial charge in [0.25, 0.3) is 0 Å². The highest BCUT2D eigenvalue weighted by molar-refractivity contribution is 5.86. The van der Waals surface area contributed by atoms with Gasteiger partial charge in [0.05, 0.1) is 6.42 Å². The Morgan fingerprint density at radius 3 is 2.82 bits per heavy atom. The molecule has 1 heterocycles. The van der Waals surface area contributed by atoms with E-state index >= 15 is 0 Å². The molecular weight excluding hydrogens is 214 g/mol. The lowest BCUT2D eigenvalue weighted by molar-refractivity contribution is -0.137. The molecule has 0 bridgehead atoms. The molecule has 0 radical (unpaired) electrons. The first-order valence-corrected chi connectivity index (χ1v) is 5.89. The maximum absolute atomic E-state index is 11.0. The van der Waals surface area contributed by atoms with Gasteiger partial charge in [0.2, 0.25) is 0 Å². The Morgan fingerprint density at radius 1 is 1.41 bits per heavy atom. The number of carboxylic acid groups (broad SMARTS) is 1. The topological polar surface area (TPSA) is 42.2 Å². The van der Waals surface area contributed by atoms with Gasteiger partial charge in [-0.1, -0.05) is 12.1 Å². The van der Waals surface area contributed by atoms with Crippen molar-refractivity contribution in [1.29, 1.82) is 0 Å². The first kappa shape index (κ1) is 10.4. The third-order valence-corrected chi connectivity index (χ3v) is 3.84. The summed E-state index contributed by atoms with van der Waals surface area (Å²) in [6, 6.07) is 8.28. The van der Waals surface area contributed by atoms with Gasteiger partial charge in [-0.15, -0.1) is 0 Å². The second-order valence-electron chi connectivity index (χ2n) is 5.02. The Hall–Kier alpha value is -1.77. The Labute approximate surface area is 99.7 Å². The van der Waals surface area contributed by atoms with E-state index in [9.17, 15) is 4.79 Å². The molecule has 0 atom stereocenters. The van der Waals surface area contributed by atoms with Crippen molar-refractivity contribution >= 4 is 16.9 Å². The van der Waals surface area contributed by atoms with Gasteiger partial charge in [0.1, 0.15) is 0 Å². The van der Waals surface area contributed by atoms with Crippen LogP contribution < -0.4 is 0 Å². The Morgan fingerprint density at radius 2 is 2.18 bits per heavy atom. The SMILES string of the molecule is Cn1ccc2c(C3(CC(=O)O)CC3)cccc21. The third kappa shape index (κ3) is 1.54. The van der Waals surface area contributed by atoms with Gasteiger partial charge < -0.3 is 9.67 Å². The molecule has 3 rings (SSSR count). The average Bonchev–Trinajstić information content (AvgIpc) is 2.96. The molecule has 1 saturated carbocycles. The van der Waals surface area contributed by atoms with E-state index in [4.69, 9.17) is 5.11 Å². The molecule has 0 unspecified atom stereocenters. The van der Waals surface area contributed by atoms with Crippen LogP contribution in [0.15, 0.2) is 30.5 Å². The van der Waals surface area contributed by atoms with Crippen LogP contribution in [-0.4, -0.2) is 15.6 Å². The molecule has 0 amide bonds. The number of nitrogens with zero attached hydrogens (tertiary/aromatic N) is 1. The molecule has 1 aliphatic rings. The van der Waals surface area contributed by atoms with Crippen molar-refractivity contribution < 1.29 is 9.90 Å². The fourth-order valence-electron chi connectivity index (χ4n) is 2.75. The molecule has 1 N–H and O–H groups in total. The first-order valence-electron chi connectivity index (χ1n) is 5.89. The number of hydrogen-bond acceptors (Lipinski definition) is 1. The van der Waals surface area contributed by atoms with Crippen LogP contribution in [0.3, 0.4) is 0 Å². The zero-order valence-electron chi connectivity index (χ0n) is 9.81. The highest BCUT2D eigenvalue weighted by Gasteiger charge is 2.46. The van der Waals surface area contributed by atoms with Crippen LogP contribution in [0, 0.1) is 0 Å². The van der Waals surface area contributed by atoms with E-state index in [2.05, 4.69) is 22.8 Å². The number of rotatable bonds is 3. The van der Waals surface area contributed by atoms with E-state index in [1.165, 1.54) is 16.5 Å². The number of aryl methyl sites for hydroxylation is 1. The molecular formula is C14H15NO2. The van der Waals surface area contributed by atoms with Crippen molar-refractivity contribution in [3.8, 4) is 0 Å². The van der Waals surface area contributed by atoms with Gasteiger partial charge in [0.15, 0.2) is 0 Å². The monoisotopic (exact) mass is 229 g/mol. The van der Waals surface area contributed by atoms with E-state index in [0.717, 1.165) is 12.8 Å². The van der Waals surface area contributed by atoms with Crippen molar-refractivity contribution in [1.82, 2.24) is 4.57 Å². The first-order chi connectivity index (χ1) is 8.12. The molecule has 1 aromatic heterocycles. The van der Waals surface area contributed by atoms with Crippen LogP contribution in [0.5, 0.6) is 0 Å². The van der Waals surface area contributed by atoms with E-state index in [0.29, 0.717) is 0 Å². The summed E-state index contributed by atoms with van der Waals surface area (Å²) in [5.74, 6) is -0.699. The van der Waals surface area contributed by atoms with Crippen molar-refractivity contribution in [2.75, 3.05) is 0 Å². The highest BCUT2D eigenvalue weighted by Crippen LogP contribution is 2.52. The average molecular weight is 229 g/mol. The van der Waals surface area contributed by atoms with Crippen molar-refractivity contribution in [3.05, 3.63) is 36.0 Å². The van der Waals surface area contributed by atoms with Crippen LogP contribution in [0.25, 0.3) is 10.9 Å². The number of carboxylic acids is 1. The summed E-state index contributed by atoms with van der Waals surface area (Å²) in [5.41, 5.74) is 2.28. The Bertz CT molecular complexity index is 593. The minimum atomic E-state index is -0.699. The normalized spacial score (nSPS) is 17.2. The van der Waals surface area contributed by atoms with Crippen LogP contribution in [0.4, 0.5) is 0 Å². The lowest BCUT2D eigenvalue weighted by Gasteiger charge is -2.14. The van der Waals surface area contributed by atoms with Gasteiger partial charge in [-0.25, -0.2) is 0 Å². The molecule has 2 aromatic rings. The van der Waals surface area contributed by atoms with Crippen LogP contribution >= 0.6 is 0 Å². The second kappa shape index (κ2) is 3.36. The van der Waals surface area contributed by atoms with E-state index in [1.54, 1.807) is 0 Å². The van der Waals surface area contributed by atoms with Crippen LogP contribution in [-0.2, 0) is 17.3 Å². The van der Waals surface area contributed by atoms with Gasteiger partial charge >= 0.3 is 5.97 Å². The summed E-state index contributed by atoms with van der Waals surface area (Å²) in [7, 11) is 2.02. The summed E-state index contributed by atoms with van der Waals surface area (Å²) < 4.78 is 2.08. The van der Waals surface area contributed by atoms with Crippen LogP contribution in [0.2, 0.25) is 0 Å². The number of hydrogen-bond donors (Lipinski definition) is 1. The second-order valence-corrected chi connectivity index (χ2v) is 5.02.